The molecule has 8 atom stereocenters. The largest absolute Gasteiger partial charge is 0.454 e. The molecule has 75 heavy (non-hydrogen) atoms. The minimum atomic E-state index is -1.61. The summed E-state index contributed by atoms with van der Waals surface area (Å²) >= 11 is 0. The lowest BCUT2D eigenvalue weighted by Gasteiger charge is -2.41. The lowest BCUT2D eigenvalue weighted by Crippen LogP contribution is -2.61. The van der Waals surface area contributed by atoms with Crippen molar-refractivity contribution in [1.29, 1.82) is 0 Å². The fourth-order valence-corrected chi connectivity index (χ4v) is 9.94. The standard InChI is InChI=1S/C64H119NO10/c1-4-7-10-13-16-19-22-25-27-28-29-31-33-36-39-42-45-48-51-57(68)63(72)65-55(56(67)50-47-44-41-38-35-32-24-21-18-15-12-9-6-3)54-73-64-62(61(71)60(70)58(53-66)74-64)75-59(69)52-49-46-43-40-37-34-30-26-23-20-17-14-11-8-5-2/h20,23,25,27,47,50,55-58,60-62,64,66-68,70-71H,4-19,21-22,24,26,28-46,48-49,51-54H2,1-3H3,(H,65,72)/b23-20-,27-25+,50-47+. The van der Waals surface area contributed by atoms with E-state index < -0.39 is 67.4 Å². The van der Waals surface area contributed by atoms with E-state index in [9.17, 15) is 35.1 Å². The number of ether oxygens (including phenoxy) is 3. The Balaban J connectivity index is 2.68. The molecule has 440 valence electrons. The van der Waals surface area contributed by atoms with Crippen LogP contribution in [0.2, 0.25) is 0 Å². The van der Waals surface area contributed by atoms with Gasteiger partial charge in [0.2, 0.25) is 5.91 Å². The molecule has 0 aromatic carbocycles. The molecule has 0 aliphatic carbocycles. The second-order valence-electron chi connectivity index (χ2n) is 22.1. The number of hydrogen-bond acceptors (Lipinski definition) is 10. The summed E-state index contributed by atoms with van der Waals surface area (Å²) in [7, 11) is 0. The van der Waals surface area contributed by atoms with Gasteiger partial charge in [-0.05, 0) is 77.0 Å². The molecule has 0 aromatic heterocycles. The molecule has 1 saturated heterocycles. The zero-order valence-corrected chi connectivity index (χ0v) is 48.7. The smallest absolute Gasteiger partial charge is 0.306 e. The molecule has 6 N–H and O–H groups in total. The van der Waals surface area contributed by atoms with Crippen molar-refractivity contribution >= 4 is 11.9 Å². The molecule has 0 spiro atoms. The number of esters is 1. The van der Waals surface area contributed by atoms with Gasteiger partial charge in [-0.3, -0.25) is 9.59 Å². The Morgan fingerprint density at radius 1 is 0.507 bits per heavy atom. The van der Waals surface area contributed by atoms with Crippen LogP contribution in [0.5, 0.6) is 0 Å². The maximum atomic E-state index is 13.4. The first-order valence-corrected chi connectivity index (χ1v) is 31.8. The zero-order chi connectivity index (χ0) is 54.7. The number of amides is 1. The third kappa shape index (κ3) is 40.7. The van der Waals surface area contributed by atoms with Crippen molar-refractivity contribution in [2.75, 3.05) is 13.2 Å². The summed E-state index contributed by atoms with van der Waals surface area (Å²) in [6.45, 7) is 5.79. The Hall–Kier alpha value is -2.12. The van der Waals surface area contributed by atoms with Crippen LogP contribution in [0, 0.1) is 0 Å². The third-order valence-corrected chi connectivity index (χ3v) is 15.0. The predicted octanol–water partition coefficient (Wildman–Crippen LogP) is 15.1. The number of unbranched alkanes of at least 4 members (excludes halogenated alkanes) is 36. The average molecular weight is 1060 g/mol. The van der Waals surface area contributed by atoms with E-state index in [1.807, 2.05) is 6.08 Å². The van der Waals surface area contributed by atoms with Gasteiger partial charge in [0.05, 0.1) is 25.4 Å². The summed E-state index contributed by atoms with van der Waals surface area (Å²) in [5.41, 5.74) is 0. The van der Waals surface area contributed by atoms with Crippen molar-refractivity contribution in [1.82, 2.24) is 5.32 Å². The topological polar surface area (TPSA) is 175 Å². The first-order chi connectivity index (χ1) is 36.7. The average Bonchev–Trinajstić information content (AvgIpc) is 3.41. The van der Waals surface area contributed by atoms with Gasteiger partial charge < -0.3 is 45.1 Å². The van der Waals surface area contributed by atoms with E-state index in [-0.39, 0.29) is 13.0 Å². The zero-order valence-electron chi connectivity index (χ0n) is 48.7. The Morgan fingerprint density at radius 3 is 1.31 bits per heavy atom. The molecule has 0 radical (unpaired) electrons. The van der Waals surface area contributed by atoms with Crippen LogP contribution < -0.4 is 5.32 Å². The molecule has 1 heterocycles. The van der Waals surface area contributed by atoms with E-state index >= 15 is 0 Å². The number of carbonyl (C=O) groups is 2. The van der Waals surface area contributed by atoms with E-state index in [0.29, 0.717) is 19.3 Å². The Labute approximate surface area is 460 Å². The van der Waals surface area contributed by atoms with Gasteiger partial charge in [-0.25, -0.2) is 0 Å². The number of allylic oxidation sites excluding steroid dienone is 5. The van der Waals surface area contributed by atoms with Crippen molar-refractivity contribution in [3.05, 3.63) is 36.5 Å². The highest BCUT2D eigenvalue weighted by Gasteiger charge is 2.47. The summed E-state index contributed by atoms with van der Waals surface area (Å²) in [4.78, 5) is 26.5. The van der Waals surface area contributed by atoms with Gasteiger partial charge in [0.25, 0.3) is 0 Å². The van der Waals surface area contributed by atoms with E-state index in [0.717, 1.165) is 77.0 Å². The Kier molecular flexibility index (Phi) is 49.7. The number of aliphatic hydroxyl groups is 5. The molecule has 1 fully saturated rings. The van der Waals surface area contributed by atoms with Gasteiger partial charge in [-0.15, -0.1) is 0 Å². The van der Waals surface area contributed by atoms with Gasteiger partial charge in [-0.2, -0.15) is 0 Å². The SMILES string of the molecule is CCCCCC/C=C\CCCCCCCCCC(=O)OC1C(OCC(NC(=O)C(O)CCCCCCCCCC/C=C/CCCCCCCC)C(O)/C=C/CCCCCCCCCCCCC)OC(CO)C(O)C1O. The fourth-order valence-electron chi connectivity index (χ4n) is 9.94. The van der Waals surface area contributed by atoms with Crippen LogP contribution in [0.3, 0.4) is 0 Å². The molecule has 11 nitrogen and oxygen atoms in total. The molecular formula is C64H119NO10. The highest BCUT2D eigenvalue weighted by Crippen LogP contribution is 2.26. The van der Waals surface area contributed by atoms with Gasteiger partial charge in [0, 0.05) is 6.42 Å². The quantitative estimate of drug-likeness (QED) is 0.0195. The van der Waals surface area contributed by atoms with Crippen molar-refractivity contribution in [3.8, 4) is 0 Å². The molecule has 1 amide bonds. The van der Waals surface area contributed by atoms with Gasteiger partial charge >= 0.3 is 5.97 Å². The van der Waals surface area contributed by atoms with Crippen molar-refractivity contribution < 1.29 is 49.3 Å². The summed E-state index contributed by atoms with van der Waals surface area (Å²) in [5, 5.41) is 57.0. The van der Waals surface area contributed by atoms with Crippen molar-refractivity contribution in [3.63, 3.8) is 0 Å². The van der Waals surface area contributed by atoms with Crippen LogP contribution >= 0.6 is 0 Å². The second kappa shape index (κ2) is 52.6. The van der Waals surface area contributed by atoms with Crippen LogP contribution in [0.25, 0.3) is 0 Å². The highest BCUT2D eigenvalue weighted by molar-refractivity contribution is 5.80. The van der Waals surface area contributed by atoms with Crippen LogP contribution in [0.4, 0.5) is 0 Å². The molecule has 1 aliphatic rings. The maximum Gasteiger partial charge on any atom is 0.306 e. The number of carbonyl (C=O) groups excluding carboxylic acids is 2. The molecule has 11 heteroatoms. The Morgan fingerprint density at radius 2 is 0.880 bits per heavy atom. The Bertz CT molecular complexity index is 1360. The molecular weight excluding hydrogens is 943 g/mol. The van der Waals surface area contributed by atoms with Crippen LogP contribution in [0.15, 0.2) is 36.5 Å². The summed E-state index contributed by atoms with van der Waals surface area (Å²) in [5.74, 6) is -1.19. The van der Waals surface area contributed by atoms with Crippen LogP contribution in [-0.2, 0) is 23.8 Å². The van der Waals surface area contributed by atoms with E-state index in [4.69, 9.17) is 14.2 Å². The highest BCUT2D eigenvalue weighted by atomic mass is 16.7. The molecule has 0 aromatic rings. The van der Waals surface area contributed by atoms with Crippen LogP contribution in [-0.4, -0.2) is 99.6 Å². The number of rotatable bonds is 54. The maximum absolute atomic E-state index is 13.4. The third-order valence-electron chi connectivity index (χ3n) is 15.0. The van der Waals surface area contributed by atoms with E-state index in [1.165, 1.54) is 173 Å². The molecule has 1 aliphatic heterocycles. The first-order valence-electron chi connectivity index (χ1n) is 31.8. The normalized spacial score (nSPS) is 19.4. The first kappa shape index (κ1) is 70.9. The predicted molar refractivity (Wildman–Crippen MR) is 311 cm³/mol. The van der Waals surface area contributed by atoms with Crippen molar-refractivity contribution in [2.45, 2.75) is 346 Å². The molecule has 0 bridgehead atoms. The lowest BCUT2D eigenvalue weighted by atomic mass is 9.99. The second-order valence-corrected chi connectivity index (χ2v) is 22.1. The van der Waals surface area contributed by atoms with Crippen LogP contribution in [0.1, 0.15) is 297 Å². The molecule has 1 rings (SSSR count). The van der Waals surface area contributed by atoms with Crippen molar-refractivity contribution in [2.24, 2.45) is 0 Å². The fraction of sp³-hybridized carbons (Fsp3) is 0.875. The lowest BCUT2D eigenvalue weighted by molar-refractivity contribution is -0.305. The number of nitrogens with one attached hydrogen (secondary N) is 1. The summed E-state index contributed by atoms with van der Waals surface area (Å²) in [6.07, 6.45) is 51.7. The summed E-state index contributed by atoms with van der Waals surface area (Å²) < 4.78 is 17.6. The molecule has 0 saturated carbocycles. The van der Waals surface area contributed by atoms with E-state index in [2.05, 4.69) is 50.4 Å². The monoisotopic (exact) mass is 1060 g/mol. The summed E-state index contributed by atoms with van der Waals surface area (Å²) in [6, 6.07) is -1.02. The minimum Gasteiger partial charge on any atom is -0.454 e. The van der Waals surface area contributed by atoms with E-state index in [1.54, 1.807) is 6.08 Å². The molecule has 8 unspecified atom stereocenters. The number of aliphatic hydroxyl groups excluding tert-OH is 5. The van der Waals surface area contributed by atoms with Gasteiger partial charge in [0.1, 0.15) is 24.4 Å². The number of hydrogen-bond donors (Lipinski definition) is 6. The van der Waals surface area contributed by atoms with Gasteiger partial charge in [-0.1, -0.05) is 250 Å². The minimum absolute atomic E-state index is 0.120. The van der Waals surface area contributed by atoms with Gasteiger partial charge in [0.15, 0.2) is 12.4 Å².